The first kappa shape index (κ1) is 16.3. The Hall–Kier alpha value is -0.540. The summed E-state index contributed by atoms with van der Waals surface area (Å²) in [6.45, 7) is 7.13. The summed E-state index contributed by atoms with van der Waals surface area (Å²) in [7, 11) is 0. The topological polar surface area (TPSA) is 16.1 Å². The number of nitrogens with zero attached hydrogens (tertiary/aromatic N) is 2. The van der Waals surface area contributed by atoms with E-state index in [-0.39, 0.29) is 0 Å². The first-order valence-electron chi connectivity index (χ1n) is 9.09. The molecule has 0 aromatic carbocycles. The van der Waals surface area contributed by atoms with Gasteiger partial charge in [0.1, 0.15) is 5.03 Å². The second-order valence-corrected chi connectivity index (χ2v) is 8.61. The van der Waals surface area contributed by atoms with Crippen LogP contribution in [0.5, 0.6) is 0 Å². The molecule has 2 aliphatic rings. The highest BCUT2D eigenvalue weighted by Crippen LogP contribution is 2.40. The van der Waals surface area contributed by atoms with E-state index in [0.29, 0.717) is 6.04 Å². The van der Waals surface area contributed by atoms with Gasteiger partial charge in [-0.05, 0) is 44.2 Å². The van der Waals surface area contributed by atoms with Crippen LogP contribution in [0.1, 0.15) is 70.4 Å². The van der Waals surface area contributed by atoms with Crippen LogP contribution >= 0.6 is 11.8 Å². The lowest BCUT2D eigenvalue weighted by atomic mass is 10.0. The monoisotopic (exact) mass is 318 g/mol. The van der Waals surface area contributed by atoms with Gasteiger partial charge in [-0.15, -0.1) is 11.8 Å². The summed E-state index contributed by atoms with van der Waals surface area (Å²) >= 11 is 2.06. The van der Waals surface area contributed by atoms with Crippen LogP contribution in [0.2, 0.25) is 0 Å². The lowest BCUT2D eigenvalue weighted by Gasteiger charge is -2.28. The lowest BCUT2D eigenvalue weighted by molar-refractivity contribution is 0.226. The van der Waals surface area contributed by atoms with Gasteiger partial charge in [-0.1, -0.05) is 39.2 Å². The number of pyridine rings is 1. The molecule has 1 aliphatic heterocycles. The van der Waals surface area contributed by atoms with Crippen LogP contribution < -0.4 is 0 Å². The molecule has 0 unspecified atom stereocenters. The Balaban J connectivity index is 1.75. The molecule has 0 N–H and O–H groups in total. The van der Waals surface area contributed by atoms with E-state index in [1.54, 1.807) is 0 Å². The number of likely N-dealkylation sites (tertiary alicyclic amines) is 1. The molecule has 1 aromatic heterocycles. The molecule has 2 heterocycles. The van der Waals surface area contributed by atoms with Gasteiger partial charge in [0.2, 0.25) is 0 Å². The molecule has 0 bridgehead atoms. The van der Waals surface area contributed by atoms with Gasteiger partial charge in [0.05, 0.1) is 0 Å². The summed E-state index contributed by atoms with van der Waals surface area (Å²) in [6, 6.07) is 5.07. The van der Waals surface area contributed by atoms with Gasteiger partial charge in [-0.25, -0.2) is 4.98 Å². The van der Waals surface area contributed by atoms with Crippen molar-refractivity contribution in [3.05, 3.63) is 23.9 Å². The summed E-state index contributed by atoms with van der Waals surface area (Å²) in [5.41, 5.74) is 1.50. The van der Waals surface area contributed by atoms with Crippen molar-refractivity contribution in [1.82, 2.24) is 9.88 Å². The fourth-order valence-electron chi connectivity index (χ4n) is 3.96. The van der Waals surface area contributed by atoms with E-state index >= 15 is 0 Å². The Morgan fingerprint density at radius 3 is 2.77 bits per heavy atom. The number of rotatable bonds is 5. The predicted octanol–water partition coefficient (Wildman–Crippen LogP) is 5.30. The Kier molecular flexibility index (Phi) is 5.81. The number of aromatic nitrogens is 1. The number of hydrogen-bond acceptors (Lipinski definition) is 3. The summed E-state index contributed by atoms with van der Waals surface area (Å²) in [5, 5.41) is 2.11. The molecule has 1 aliphatic carbocycles. The smallest absolute Gasteiger partial charge is 0.101 e. The summed E-state index contributed by atoms with van der Waals surface area (Å²) < 4.78 is 0. The molecular formula is C19H30N2S. The Morgan fingerprint density at radius 1 is 1.18 bits per heavy atom. The maximum absolute atomic E-state index is 4.77. The second-order valence-electron chi connectivity index (χ2n) is 7.32. The largest absolute Gasteiger partial charge is 0.296 e. The van der Waals surface area contributed by atoms with E-state index in [1.165, 1.54) is 68.6 Å². The molecule has 1 aromatic rings. The Labute approximate surface area is 140 Å². The third-order valence-electron chi connectivity index (χ3n) is 4.95. The predicted molar refractivity (Wildman–Crippen MR) is 95.4 cm³/mol. The Bertz CT molecular complexity index is 468. The van der Waals surface area contributed by atoms with Crippen LogP contribution in [-0.4, -0.2) is 28.2 Å². The second kappa shape index (κ2) is 7.83. The summed E-state index contributed by atoms with van der Waals surface area (Å²) in [4.78, 5) is 7.45. The van der Waals surface area contributed by atoms with Crippen LogP contribution in [0.25, 0.3) is 0 Å². The van der Waals surface area contributed by atoms with Gasteiger partial charge in [0, 0.05) is 29.6 Å². The Morgan fingerprint density at radius 2 is 2.00 bits per heavy atom. The fourth-order valence-corrected chi connectivity index (χ4v) is 5.31. The maximum Gasteiger partial charge on any atom is 0.101 e. The fraction of sp³-hybridized carbons (Fsp3) is 0.737. The third kappa shape index (κ3) is 4.05. The average Bonchev–Trinajstić information content (AvgIpc) is 2.96. The summed E-state index contributed by atoms with van der Waals surface area (Å²) in [6.07, 6.45) is 11.6. The minimum absolute atomic E-state index is 0.599. The molecule has 2 fully saturated rings. The minimum Gasteiger partial charge on any atom is -0.296 e. The highest BCUT2D eigenvalue weighted by Gasteiger charge is 2.29. The van der Waals surface area contributed by atoms with Gasteiger partial charge >= 0.3 is 0 Å². The van der Waals surface area contributed by atoms with Crippen molar-refractivity contribution >= 4 is 11.8 Å². The van der Waals surface area contributed by atoms with Gasteiger partial charge < -0.3 is 0 Å². The molecule has 3 rings (SSSR count). The standard InChI is InChI=1S/C19H30N2S/c1-15(2)14-21-13-7-11-18(21)17-10-6-12-20-19(17)22-16-8-4-3-5-9-16/h6,10,12,15-16,18H,3-5,7-9,11,13-14H2,1-2H3/t18-/m0/s1. The summed E-state index contributed by atoms with van der Waals surface area (Å²) in [5.74, 6) is 0.742. The van der Waals surface area contributed by atoms with E-state index in [1.807, 2.05) is 6.20 Å². The molecule has 1 saturated carbocycles. The van der Waals surface area contributed by atoms with Gasteiger partial charge in [0.25, 0.3) is 0 Å². The van der Waals surface area contributed by atoms with E-state index in [2.05, 4.69) is 42.6 Å². The van der Waals surface area contributed by atoms with E-state index in [0.717, 1.165) is 11.2 Å². The van der Waals surface area contributed by atoms with Gasteiger partial charge in [0.15, 0.2) is 0 Å². The van der Waals surface area contributed by atoms with E-state index < -0.39 is 0 Å². The zero-order valence-corrected chi connectivity index (χ0v) is 14.9. The molecular weight excluding hydrogens is 288 g/mol. The molecule has 1 atom stereocenters. The molecule has 122 valence electrons. The lowest BCUT2D eigenvalue weighted by Crippen LogP contribution is -2.28. The normalized spacial score (nSPS) is 24.2. The molecule has 3 heteroatoms. The van der Waals surface area contributed by atoms with Crippen LogP contribution in [-0.2, 0) is 0 Å². The number of hydrogen-bond donors (Lipinski definition) is 0. The minimum atomic E-state index is 0.599. The quantitative estimate of drug-likeness (QED) is 0.733. The van der Waals surface area contributed by atoms with E-state index in [9.17, 15) is 0 Å². The van der Waals surface area contributed by atoms with Gasteiger partial charge in [-0.2, -0.15) is 0 Å². The third-order valence-corrected chi connectivity index (χ3v) is 6.32. The molecule has 2 nitrogen and oxygen atoms in total. The van der Waals surface area contributed by atoms with Crippen molar-refractivity contribution in [3.63, 3.8) is 0 Å². The maximum atomic E-state index is 4.77. The zero-order valence-electron chi connectivity index (χ0n) is 14.1. The first-order valence-corrected chi connectivity index (χ1v) is 9.97. The van der Waals surface area contributed by atoms with Crippen molar-refractivity contribution in [2.75, 3.05) is 13.1 Å². The average molecular weight is 319 g/mol. The highest BCUT2D eigenvalue weighted by molar-refractivity contribution is 7.99. The first-order chi connectivity index (χ1) is 10.7. The highest BCUT2D eigenvalue weighted by atomic mass is 32.2. The molecule has 0 spiro atoms. The molecule has 0 radical (unpaired) electrons. The van der Waals surface area contributed by atoms with Crippen LogP contribution in [0.15, 0.2) is 23.4 Å². The number of thioether (sulfide) groups is 1. The van der Waals surface area contributed by atoms with Gasteiger partial charge in [-0.3, -0.25) is 4.90 Å². The molecule has 0 amide bonds. The van der Waals surface area contributed by atoms with Crippen molar-refractivity contribution in [3.8, 4) is 0 Å². The van der Waals surface area contributed by atoms with Crippen molar-refractivity contribution in [1.29, 1.82) is 0 Å². The molecule has 22 heavy (non-hydrogen) atoms. The van der Waals surface area contributed by atoms with Crippen LogP contribution in [0.4, 0.5) is 0 Å². The van der Waals surface area contributed by atoms with Crippen molar-refractivity contribution < 1.29 is 0 Å². The van der Waals surface area contributed by atoms with Crippen LogP contribution in [0.3, 0.4) is 0 Å². The van der Waals surface area contributed by atoms with E-state index in [4.69, 9.17) is 4.98 Å². The zero-order chi connectivity index (χ0) is 15.4. The van der Waals surface area contributed by atoms with Crippen molar-refractivity contribution in [2.24, 2.45) is 5.92 Å². The van der Waals surface area contributed by atoms with Crippen molar-refractivity contribution in [2.45, 2.75) is 75.1 Å². The van der Waals surface area contributed by atoms with Crippen LogP contribution in [0, 0.1) is 5.92 Å². The molecule has 1 saturated heterocycles. The SMILES string of the molecule is CC(C)CN1CCC[C@H]1c1cccnc1SC1CCCCC1.